The number of rotatable bonds is 9. The molecule has 0 spiro atoms. The minimum Gasteiger partial charge on any atom is -0.339 e. The van der Waals surface area contributed by atoms with Crippen molar-refractivity contribution in [2.75, 3.05) is 38.1 Å². The van der Waals surface area contributed by atoms with Gasteiger partial charge in [-0.05, 0) is 45.1 Å². The number of carbonyl (C=O) groups excluding carboxylic acids is 1. The van der Waals surface area contributed by atoms with E-state index in [0.29, 0.717) is 17.9 Å². The summed E-state index contributed by atoms with van der Waals surface area (Å²) in [6.45, 7) is 10.9. The summed E-state index contributed by atoms with van der Waals surface area (Å²) in [5.41, 5.74) is 3.08. The monoisotopic (exact) mass is 293 g/mol. The number of amides is 1. The Labute approximate surface area is 127 Å². The molecular formula is C15H27N5O. The third-order valence-corrected chi connectivity index (χ3v) is 3.62. The van der Waals surface area contributed by atoms with Gasteiger partial charge in [0.05, 0.1) is 0 Å². The van der Waals surface area contributed by atoms with E-state index in [0.717, 1.165) is 32.6 Å². The number of pyridine rings is 1. The Bertz CT molecular complexity index is 434. The number of aromatic nitrogens is 1. The van der Waals surface area contributed by atoms with Gasteiger partial charge in [-0.3, -0.25) is 4.79 Å². The molecule has 6 heteroatoms. The molecule has 0 aliphatic heterocycles. The minimum atomic E-state index is 0.0240. The molecular weight excluding hydrogens is 266 g/mol. The smallest absolute Gasteiger partial charge is 0.254 e. The Balaban J connectivity index is 2.60. The molecule has 1 amide bonds. The fraction of sp³-hybridized carbons (Fsp3) is 0.600. The molecule has 0 bridgehead atoms. The topological polar surface area (TPSA) is 74.5 Å². The molecule has 0 saturated carbocycles. The summed E-state index contributed by atoms with van der Waals surface area (Å²) in [5.74, 6) is 5.85. The zero-order chi connectivity index (χ0) is 15.7. The molecule has 0 radical (unpaired) electrons. The molecule has 1 aromatic rings. The summed E-state index contributed by atoms with van der Waals surface area (Å²) in [6, 6.07) is 3.39. The first-order valence-corrected chi connectivity index (χ1v) is 7.60. The number of nitrogens with two attached hydrogens (primary N) is 1. The van der Waals surface area contributed by atoms with Gasteiger partial charge in [-0.1, -0.05) is 13.8 Å². The van der Waals surface area contributed by atoms with Crippen LogP contribution in [-0.2, 0) is 0 Å². The zero-order valence-electron chi connectivity index (χ0n) is 13.3. The maximum atomic E-state index is 12.5. The number of nitrogen functional groups attached to an aromatic ring is 1. The van der Waals surface area contributed by atoms with Crippen molar-refractivity contribution in [2.45, 2.75) is 27.2 Å². The van der Waals surface area contributed by atoms with Crippen molar-refractivity contribution >= 4 is 11.7 Å². The van der Waals surface area contributed by atoms with Gasteiger partial charge in [-0.2, -0.15) is 0 Å². The van der Waals surface area contributed by atoms with Crippen molar-refractivity contribution < 1.29 is 4.79 Å². The highest BCUT2D eigenvalue weighted by molar-refractivity contribution is 5.94. The van der Waals surface area contributed by atoms with Crippen molar-refractivity contribution in [3.63, 3.8) is 0 Å². The van der Waals surface area contributed by atoms with E-state index in [1.54, 1.807) is 18.3 Å². The van der Waals surface area contributed by atoms with Crippen LogP contribution in [0.5, 0.6) is 0 Å². The van der Waals surface area contributed by atoms with Gasteiger partial charge in [-0.25, -0.2) is 10.8 Å². The van der Waals surface area contributed by atoms with Crippen LogP contribution >= 0.6 is 0 Å². The molecule has 0 aliphatic rings. The van der Waals surface area contributed by atoms with Crippen molar-refractivity contribution in [1.82, 2.24) is 14.8 Å². The van der Waals surface area contributed by atoms with E-state index < -0.39 is 0 Å². The van der Waals surface area contributed by atoms with Gasteiger partial charge >= 0.3 is 0 Å². The van der Waals surface area contributed by atoms with Gasteiger partial charge < -0.3 is 15.2 Å². The van der Waals surface area contributed by atoms with E-state index in [1.165, 1.54) is 0 Å². The average molecular weight is 293 g/mol. The number of nitrogens with zero attached hydrogens (tertiary/aromatic N) is 3. The maximum Gasteiger partial charge on any atom is 0.254 e. The highest BCUT2D eigenvalue weighted by atomic mass is 16.2. The van der Waals surface area contributed by atoms with E-state index in [1.807, 2.05) is 11.8 Å². The lowest BCUT2D eigenvalue weighted by Gasteiger charge is -2.23. The third kappa shape index (κ3) is 5.32. The predicted molar refractivity (Wildman–Crippen MR) is 86.0 cm³/mol. The highest BCUT2D eigenvalue weighted by Crippen LogP contribution is 2.09. The van der Waals surface area contributed by atoms with Gasteiger partial charge in [0.25, 0.3) is 5.91 Å². The van der Waals surface area contributed by atoms with Gasteiger partial charge in [0, 0.05) is 24.8 Å². The minimum absolute atomic E-state index is 0.0240. The molecule has 0 aliphatic carbocycles. The van der Waals surface area contributed by atoms with E-state index in [2.05, 4.69) is 29.2 Å². The van der Waals surface area contributed by atoms with Gasteiger partial charge in [0.2, 0.25) is 0 Å². The molecule has 3 N–H and O–H groups in total. The van der Waals surface area contributed by atoms with Crippen LogP contribution in [0.25, 0.3) is 0 Å². The summed E-state index contributed by atoms with van der Waals surface area (Å²) >= 11 is 0. The summed E-state index contributed by atoms with van der Waals surface area (Å²) < 4.78 is 0. The van der Waals surface area contributed by atoms with Crippen LogP contribution in [0.4, 0.5) is 5.82 Å². The van der Waals surface area contributed by atoms with E-state index in [-0.39, 0.29) is 5.91 Å². The molecule has 0 saturated heterocycles. The van der Waals surface area contributed by atoms with Crippen molar-refractivity contribution in [3.05, 3.63) is 23.9 Å². The summed E-state index contributed by atoms with van der Waals surface area (Å²) in [6.07, 6.45) is 2.57. The Morgan fingerprint density at radius 1 is 1.24 bits per heavy atom. The first-order valence-electron chi connectivity index (χ1n) is 7.60. The average Bonchev–Trinajstić information content (AvgIpc) is 2.54. The summed E-state index contributed by atoms with van der Waals surface area (Å²) in [5, 5.41) is 0. The number of hydrazine groups is 1. The second kappa shape index (κ2) is 9.31. The molecule has 6 nitrogen and oxygen atoms in total. The molecule has 21 heavy (non-hydrogen) atoms. The summed E-state index contributed by atoms with van der Waals surface area (Å²) in [7, 11) is 0. The zero-order valence-corrected chi connectivity index (χ0v) is 13.3. The molecule has 118 valence electrons. The fourth-order valence-corrected chi connectivity index (χ4v) is 2.25. The van der Waals surface area contributed by atoms with Crippen molar-refractivity contribution in [2.24, 2.45) is 5.84 Å². The molecule has 0 aromatic carbocycles. The largest absolute Gasteiger partial charge is 0.339 e. The standard InChI is InChI=1S/C15H27N5O/c1-4-19(5-2)10-7-11-20(6-3)15(21)13-8-9-17-14(12-13)18-16/h8-9,12H,4-7,10-11,16H2,1-3H3,(H,17,18). The van der Waals surface area contributed by atoms with E-state index >= 15 is 0 Å². The van der Waals surface area contributed by atoms with Crippen LogP contribution < -0.4 is 11.3 Å². The second-order valence-electron chi connectivity index (χ2n) is 4.84. The lowest BCUT2D eigenvalue weighted by Crippen LogP contribution is -2.34. The highest BCUT2D eigenvalue weighted by Gasteiger charge is 2.14. The van der Waals surface area contributed by atoms with Gasteiger partial charge in [-0.15, -0.1) is 0 Å². The first kappa shape index (κ1) is 17.4. The molecule has 1 aromatic heterocycles. The molecule has 1 rings (SSSR count). The Kier molecular flexibility index (Phi) is 7.71. The van der Waals surface area contributed by atoms with Crippen LogP contribution in [0, 0.1) is 0 Å². The Morgan fingerprint density at radius 2 is 1.95 bits per heavy atom. The SMILES string of the molecule is CCN(CC)CCCN(CC)C(=O)c1ccnc(NN)c1. The third-order valence-electron chi connectivity index (χ3n) is 3.62. The van der Waals surface area contributed by atoms with Crippen LogP contribution in [0.3, 0.4) is 0 Å². The predicted octanol–water partition coefficient (Wildman–Crippen LogP) is 1.56. The summed E-state index contributed by atoms with van der Waals surface area (Å²) in [4.78, 5) is 20.7. The van der Waals surface area contributed by atoms with Gasteiger partial charge in [0.1, 0.15) is 5.82 Å². The normalized spacial score (nSPS) is 10.7. The van der Waals surface area contributed by atoms with Crippen LogP contribution in [0.2, 0.25) is 0 Å². The molecule has 0 unspecified atom stereocenters. The lowest BCUT2D eigenvalue weighted by molar-refractivity contribution is 0.0757. The number of hydrogen-bond acceptors (Lipinski definition) is 5. The number of anilines is 1. The van der Waals surface area contributed by atoms with E-state index in [4.69, 9.17) is 5.84 Å². The number of carbonyl (C=O) groups is 1. The molecule has 0 fully saturated rings. The van der Waals surface area contributed by atoms with Crippen LogP contribution in [-0.4, -0.2) is 53.4 Å². The number of hydrogen-bond donors (Lipinski definition) is 2. The van der Waals surface area contributed by atoms with Crippen LogP contribution in [0.1, 0.15) is 37.6 Å². The first-order chi connectivity index (χ1) is 10.2. The van der Waals surface area contributed by atoms with Crippen molar-refractivity contribution in [1.29, 1.82) is 0 Å². The quantitative estimate of drug-likeness (QED) is 0.534. The van der Waals surface area contributed by atoms with Crippen molar-refractivity contribution in [3.8, 4) is 0 Å². The van der Waals surface area contributed by atoms with Gasteiger partial charge in [0.15, 0.2) is 0 Å². The van der Waals surface area contributed by atoms with Crippen LogP contribution in [0.15, 0.2) is 18.3 Å². The maximum absolute atomic E-state index is 12.5. The second-order valence-corrected chi connectivity index (χ2v) is 4.84. The fourth-order valence-electron chi connectivity index (χ4n) is 2.25. The molecule has 1 heterocycles. The van der Waals surface area contributed by atoms with E-state index in [9.17, 15) is 4.79 Å². The Morgan fingerprint density at radius 3 is 2.52 bits per heavy atom. The number of nitrogens with one attached hydrogen (secondary N) is 1. The molecule has 0 atom stereocenters. The lowest BCUT2D eigenvalue weighted by atomic mass is 10.2. The Hall–Kier alpha value is -1.66.